The van der Waals surface area contributed by atoms with E-state index < -0.39 is 6.04 Å². The van der Waals surface area contributed by atoms with E-state index in [1.807, 2.05) is 4.90 Å². The van der Waals surface area contributed by atoms with Gasteiger partial charge in [0.2, 0.25) is 5.91 Å². The van der Waals surface area contributed by atoms with Gasteiger partial charge >= 0.3 is 0 Å². The second kappa shape index (κ2) is 3.51. The minimum atomic E-state index is -0.489. The van der Waals surface area contributed by atoms with Gasteiger partial charge < -0.3 is 15.7 Å². The normalized spacial score (nSPS) is 42.8. The molecule has 14 heavy (non-hydrogen) atoms. The van der Waals surface area contributed by atoms with E-state index in [1.165, 1.54) is 0 Å². The van der Waals surface area contributed by atoms with Gasteiger partial charge in [0.1, 0.15) is 0 Å². The Balaban J connectivity index is 2.17. The molecule has 0 aromatic heterocycles. The van der Waals surface area contributed by atoms with Crippen molar-refractivity contribution in [2.24, 2.45) is 11.7 Å². The summed E-state index contributed by atoms with van der Waals surface area (Å²) in [5.74, 6) is -0.000602. The van der Waals surface area contributed by atoms with E-state index in [2.05, 4.69) is 6.92 Å². The van der Waals surface area contributed by atoms with Crippen molar-refractivity contribution in [1.29, 1.82) is 0 Å². The molecule has 2 saturated heterocycles. The van der Waals surface area contributed by atoms with E-state index >= 15 is 0 Å². The SMILES string of the molecule is C[C@@H]1CCC2CC(CO)C(N)C(=O)N21. The first-order valence-corrected chi connectivity index (χ1v) is 5.33. The standard InChI is InChI=1S/C10H18N2O2/c1-6-2-3-8-4-7(5-13)9(11)10(14)12(6)8/h6-9,13H,2-5,11H2,1H3/t6-,7?,8?,9?/m1/s1. The number of nitrogens with zero attached hydrogens (tertiary/aromatic N) is 1. The third-order valence-electron chi connectivity index (χ3n) is 3.64. The third-order valence-corrected chi connectivity index (χ3v) is 3.64. The van der Waals surface area contributed by atoms with Gasteiger partial charge in [0.15, 0.2) is 0 Å². The molecular weight excluding hydrogens is 180 g/mol. The van der Waals surface area contributed by atoms with Gasteiger partial charge in [0, 0.05) is 24.6 Å². The second-order valence-corrected chi connectivity index (χ2v) is 4.53. The Morgan fingerprint density at radius 3 is 2.93 bits per heavy atom. The number of nitrogens with two attached hydrogens (primary N) is 1. The first-order valence-electron chi connectivity index (χ1n) is 5.33. The van der Waals surface area contributed by atoms with Gasteiger partial charge in [-0.2, -0.15) is 0 Å². The summed E-state index contributed by atoms with van der Waals surface area (Å²) in [5, 5.41) is 9.11. The van der Waals surface area contributed by atoms with Crippen LogP contribution < -0.4 is 5.73 Å². The molecule has 4 heteroatoms. The van der Waals surface area contributed by atoms with E-state index in [1.54, 1.807) is 0 Å². The zero-order chi connectivity index (χ0) is 10.3. The zero-order valence-electron chi connectivity index (χ0n) is 8.52. The molecule has 0 aromatic rings. The molecule has 0 spiro atoms. The molecule has 2 aliphatic heterocycles. The van der Waals surface area contributed by atoms with E-state index in [9.17, 15) is 4.79 Å². The number of hydrogen-bond acceptors (Lipinski definition) is 3. The van der Waals surface area contributed by atoms with Crippen molar-refractivity contribution >= 4 is 5.91 Å². The van der Waals surface area contributed by atoms with Crippen LogP contribution in [0, 0.1) is 5.92 Å². The Bertz CT molecular complexity index is 244. The maximum Gasteiger partial charge on any atom is 0.240 e. The molecule has 2 aliphatic rings. The molecule has 2 heterocycles. The van der Waals surface area contributed by atoms with Crippen molar-refractivity contribution in [3.05, 3.63) is 0 Å². The Morgan fingerprint density at radius 1 is 1.57 bits per heavy atom. The summed E-state index contributed by atoms with van der Waals surface area (Å²) in [7, 11) is 0. The Hall–Kier alpha value is -0.610. The van der Waals surface area contributed by atoms with Crippen molar-refractivity contribution in [3.8, 4) is 0 Å². The summed E-state index contributed by atoms with van der Waals surface area (Å²) < 4.78 is 0. The molecule has 1 amide bonds. The van der Waals surface area contributed by atoms with Crippen LogP contribution in [0.1, 0.15) is 26.2 Å². The lowest BCUT2D eigenvalue weighted by atomic mass is 9.87. The Labute approximate surface area is 84.1 Å². The topological polar surface area (TPSA) is 66.6 Å². The number of amides is 1. The van der Waals surface area contributed by atoms with Crippen molar-refractivity contribution in [2.45, 2.75) is 44.3 Å². The molecule has 0 radical (unpaired) electrons. The monoisotopic (exact) mass is 198 g/mol. The largest absolute Gasteiger partial charge is 0.396 e. The fraction of sp³-hybridized carbons (Fsp3) is 0.900. The van der Waals surface area contributed by atoms with Crippen molar-refractivity contribution in [3.63, 3.8) is 0 Å². The first-order chi connectivity index (χ1) is 6.65. The minimum Gasteiger partial charge on any atom is -0.396 e. The van der Waals surface area contributed by atoms with E-state index in [4.69, 9.17) is 10.8 Å². The van der Waals surface area contributed by atoms with Gasteiger partial charge in [-0.1, -0.05) is 0 Å². The van der Waals surface area contributed by atoms with E-state index in [0.717, 1.165) is 19.3 Å². The fourth-order valence-corrected chi connectivity index (χ4v) is 2.76. The highest BCUT2D eigenvalue weighted by molar-refractivity contribution is 5.83. The summed E-state index contributed by atoms with van der Waals surface area (Å²) in [5.41, 5.74) is 5.80. The molecule has 0 aliphatic carbocycles. The van der Waals surface area contributed by atoms with E-state index in [0.29, 0.717) is 12.1 Å². The van der Waals surface area contributed by atoms with Crippen LogP contribution >= 0.6 is 0 Å². The summed E-state index contributed by atoms with van der Waals surface area (Å²) in [6.07, 6.45) is 3.01. The van der Waals surface area contributed by atoms with Crippen LogP contribution in [-0.4, -0.2) is 40.6 Å². The third kappa shape index (κ3) is 1.33. The first kappa shape index (κ1) is 9.93. The molecule has 2 rings (SSSR count). The average molecular weight is 198 g/mol. The predicted molar refractivity (Wildman–Crippen MR) is 52.5 cm³/mol. The van der Waals surface area contributed by atoms with Gasteiger partial charge in [-0.3, -0.25) is 4.79 Å². The second-order valence-electron chi connectivity index (χ2n) is 4.53. The molecule has 0 bridgehead atoms. The quantitative estimate of drug-likeness (QED) is 0.608. The molecule has 0 aromatic carbocycles. The van der Waals surface area contributed by atoms with Crippen molar-refractivity contribution in [1.82, 2.24) is 4.90 Å². The number of fused-ring (bicyclic) bond motifs is 1. The van der Waals surface area contributed by atoms with Gasteiger partial charge in [-0.05, 0) is 26.2 Å². The smallest absolute Gasteiger partial charge is 0.240 e. The highest BCUT2D eigenvalue weighted by Gasteiger charge is 2.44. The number of carbonyl (C=O) groups is 1. The molecule has 80 valence electrons. The van der Waals surface area contributed by atoms with Crippen LogP contribution in [-0.2, 0) is 4.79 Å². The number of piperidine rings is 1. The maximum absolute atomic E-state index is 11.9. The molecule has 2 fully saturated rings. The Morgan fingerprint density at radius 2 is 2.29 bits per heavy atom. The van der Waals surface area contributed by atoms with Gasteiger partial charge in [-0.15, -0.1) is 0 Å². The molecule has 4 nitrogen and oxygen atoms in total. The van der Waals surface area contributed by atoms with Crippen LogP contribution in [0.2, 0.25) is 0 Å². The molecular formula is C10H18N2O2. The maximum atomic E-state index is 11.9. The van der Waals surface area contributed by atoms with Gasteiger partial charge in [-0.25, -0.2) is 0 Å². The molecule has 3 unspecified atom stereocenters. The number of hydrogen-bond donors (Lipinski definition) is 2. The zero-order valence-corrected chi connectivity index (χ0v) is 8.52. The fourth-order valence-electron chi connectivity index (χ4n) is 2.76. The predicted octanol–water partition coefficient (Wildman–Crippen LogP) is -0.295. The highest BCUT2D eigenvalue weighted by Crippen LogP contribution is 2.34. The number of carbonyl (C=O) groups excluding carboxylic acids is 1. The number of aliphatic hydroxyl groups excluding tert-OH is 1. The lowest BCUT2D eigenvalue weighted by molar-refractivity contribution is -0.141. The van der Waals surface area contributed by atoms with Crippen LogP contribution in [0.5, 0.6) is 0 Å². The van der Waals surface area contributed by atoms with Crippen molar-refractivity contribution in [2.75, 3.05) is 6.61 Å². The van der Waals surface area contributed by atoms with Crippen LogP contribution in [0.4, 0.5) is 0 Å². The van der Waals surface area contributed by atoms with E-state index in [-0.39, 0.29) is 18.4 Å². The van der Waals surface area contributed by atoms with Gasteiger partial charge in [0.25, 0.3) is 0 Å². The van der Waals surface area contributed by atoms with Crippen molar-refractivity contribution < 1.29 is 9.90 Å². The number of rotatable bonds is 1. The Kier molecular flexibility index (Phi) is 2.49. The summed E-state index contributed by atoms with van der Waals surface area (Å²) in [6, 6.07) is 0.171. The van der Waals surface area contributed by atoms with Crippen LogP contribution in [0.3, 0.4) is 0 Å². The summed E-state index contributed by atoms with van der Waals surface area (Å²) in [6.45, 7) is 2.11. The van der Waals surface area contributed by atoms with Crippen LogP contribution in [0.15, 0.2) is 0 Å². The summed E-state index contributed by atoms with van der Waals surface area (Å²) >= 11 is 0. The highest BCUT2D eigenvalue weighted by atomic mass is 16.3. The molecule has 3 N–H and O–H groups in total. The average Bonchev–Trinajstić information content (AvgIpc) is 2.54. The number of aliphatic hydroxyl groups is 1. The molecule has 4 atom stereocenters. The summed E-state index contributed by atoms with van der Waals surface area (Å²) in [4.78, 5) is 13.8. The van der Waals surface area contributed by atoms with Gasteiger partial charge in [0.05, 0.1) is 6.04 Å². The lowest BCUT2D eigenvalue weighted by Gasteiger charge is -2.39. The lowest BCUT2D eigenvalue weighted by Crippen LogP contribution is -2.57. The minimum absolute atomic E-state index is 0.0327. The van der Waals surface area contributed by atoms with Crippen LogP contribution in [0.25, 0.3) is 0 Å². The molecule has 0 saturated carbocycles.